The van der Waals surface area contributed by atoms with Crippen LogP contribution in [0.25, 0.3) is 0 Å². The second-order valence-corrected chi connectivity index (χ2v) is 7.01. The molecule has 7 nitrogen and oxygen atoms in total. The molecule has 1 aromatic rings. The molecule has 1 saturated heterocycles. The number of rotatable bonds is 6. The van der Waals surface area contributed by atoms with Crippen molar-refractivity contribution in [2.45, 2.75) is 19.9 Å². The fourth-order valence-electron chi connectivity index (χ4n) is 2.73. The zero-order valence-electron chi connectivity index (χ0n) is 15.1. The minimum atomic E-state index is -0.329. The maximum Gasteiger partial charge on any atom is 0.251 e. The summed E-state index contributed by atoms with van der Waals surface area (Å²) in [6.45, 7) is 6.49. The summed E-state index contributed by atoms with van der Waals surface area (Å²) in [5.74, 6) is -0.468. The molecule has 0 bridgehead atoms. The van der Waals surface area contributed by atoms with Gasteiger partial charge in [0.25, 0.3) is 5.91 Å². The van der Waals surface area contributed by atoms with E-state index in [2.05, 4.69) is 10.6 Å². The van der Waals surface area contributed by atoms with Crippen molar-refractivity contribution in [2.24, 2.45) is 0 Å². The van der Waals surface area contributed by atoms with Crippen molar-refractivity contribution < 1.29 is 14.4 Å². The zero-order valence-corrected chi connectivity index (χ0v) is 15.9. The molecule has 26 heavy (non-hydrogen) atoms. The van der Waals surface area contributed by atoms with Gasteiger partial charge in [-0.1, -0.05) is 17.7 Å². The van der Waals surface area contributed by atoms with Gasteiger partial charge in [-0.25, -0.2) is 0 Å². The molecule has 8 heteroatoms. The van der Waals surface area contributed by atoms with E-state index in [4.69, 9.17) is 11.6 Å². The molecule has 1 fully saturated rings. The summed E-state index contributed by atoms with van der Waals surface area (Å²) in [5, 5.41) is 5.95. The highest BCUT2D eigenvalue weighted by atomic mass is 35.5. The molecule has 1 aromatic carbocycles. The molecule has 2 N–H and O–H groups in total. The van der Waals surface area contributed by atoms with E-state index in [-0.39, 0.29) is 30.3 Å². The summed E-state index contributed by atoms with van der Waals surface area (Å²) in [6.07, 6.45) is 0. The fraction of sp³-hybridized carbons (Fsp3) is 0.500. The number of carbonyl (C=O) groups excluding carboxylic acids is 3. The Morgan fingerprint density at radius 1 is 1.15 bits per heavy atom. The van der Waals surface area contributed by atoms with Crippen LogP contribution in [0.3, 0.4) is 0 Å². The molecule has 3 amide bonds. The minimum absolute atomic E-state index is 0.00596. The van der Waals surface area contributed by atoms with Crippen LogP contribution < -0.4 is 10.6 Å². The quantitative estimate of drug-likeness (QED) is 0.762. The van der Waals surface area contributed by atoms with Gasteiger partial charge in [0, 0.05) is 42.8 Å². The number of amides is 3. The van der Waals surface area contributed by atoms with Gasteiger partial charge in [-0.15, -0.1) is 0 Å². The van der Waals surface area contributed by atoms with E-state index in [0.29, 0.717) is 43.3 Å². The monoisotopic (exact) mass is 380 g/mol. The van der Waals surface area contributed by atoms with Crippen molar-refractivity contribution in [2.75, 3.05) is 39.3 Å². The van der Waals surface area contributed by atoms with Crippen LogP contribution in [0, 0.1) is 0 Å². The normalized spacial score (nSPS) is 15.0. The lowest BCUT2D eigenvalue weighted by atomic mass is 10.2. The Morgan fingerprint density at radius 3 is 2.46 bits per heavy atom. The van der Waals surface area contributed by atoms with E-state index in [0.717, 1.165) is 0 Å². The number of carbonyl (C=O) groups is 3. The summed E-state index contributed by atoms with van der Waals surface area (Å²) in [4.78, 5) is 39.8. The third kappa shape index (κ3) is 6.31. The Hall–Kier alpha value is -2.12. The number of nitrogens with zero attached hydrogens (tertiary/aromatic N) is 2. The zero-order chi connectivity index (χ0) is 19.1. The summed E-state index contributed by atoms with van der Waals surface area (Å²) in [5.41, 5.74) is 0.422. The highest BCUT2D eigenvalue weighted by Crippen LogP contribution is 2.10. The van der Waals surface area contributed by atoms with Crippen molar-refractivity contribution in [3.63, 3.8) is 0 Å². The molecular formula is C18H25ClN4O3. The molecule has 142 valence electrons. The lowest BCUT2D eigenvalue weighted by Crippen LogP contribution is -2.53. The van der Waals surface area contributed by atoms with Crippen LogP contribution in [0.1, 0.15) is 24.2 Å². The molecule has 0 atom stereocenters. The average Bonchev–Trinajstić information content (AvgIpc) is 2.59. The second kappa shape index (κ2) is 9.54. The van der Waals surface area contributed by atoms with Crippen molar-refractivity contribution in [3.05, 3.63) is 34.9 Å². The molecule has 2 rings (SSSR count). The van der Waals surface area contributed by atoms with Crippen LogP contribution in [0.4, 0.5) is 0 Å². The topological polar surface area (TPSA) is 81.8 Å². The van der Waals surface area contributed by atoms with Gasteiger partial charge in [0.15, 0.2) is 0 Å². The van der Waals surface area contributed by atoms with Crippen LogP contribution in [0.2, 0.25) is 5.02 Å². The van der Waals surface area contributed by atoms with E-state index >= 15 is 0 Å². The van der Waals surface area contributed by atoms with Gasteiger partial charge in [0.2, 0.25) is 11.8 Å². The van der Waals surface area contributed by atoms with E-state index in [1.54, 1.807) is 29.2 Å². The lowest BCUT2D eigenvalue weighted by Gasteiger charge is -2.34. The number of hydrogen-bond donors (Lipinski definition) is 2. The first kappa shape index (κ1) is 20.2. The SMILES string of the molecule is CC(C)NC(=O)CN1CCN(C(=O)CNC(=O)c2cccc(Cl)c2)CC1. The molecular weight excluding hydrogens is 356 g/mol. The van der Waals surface area contributed by atoms with E-state index in [9.17, 15) is 14.4 Å². The molecule has 0 radical (unpaired) electrons. The number of nitrogens with one attached hydrogen (secondary N) is 2. The third-order valence-electron chi connectivity index (χ3n) is 4.03. The van der Waals surface area contributed by atoms with Crippen molar-refractivity contribution in [3.8, 4) is 0 Å². The van der Waals surface area contributed by atoms with Gasteiger partial charge in [0.1, 0.15) is 0 Å². The first-order valence-electron chi connectivity index (χ1n) is 8.68. The highest BCUT2D eigenvalue weighted by molar-refractivity contribution is 6.30. The molecule has 1 aliphatic heterocycles. The number of piperazine rings is 1. The Balaban J connectivity index is 1.73. The molecule has 0 saturated carbocycles. The van der Waals surface area contributed by atoms with E-state index < -0.39 is 0 Å². The number of halogens is 1. The van der Waals surface area contributed by atoms with Crippen LogP contribution in [-0.2, 0) is 9.59 Å². The van der Waals surface area contributed by atoms with E-state index in [1.807, 2.05) is 18.7 Å². The molecule has 1 heterocycles. The molecule has 0 aliphatic carbocycles. The van der Waals surface area contributed by atoms with Gasteiger partial charge < -0.3 is 15.5 Å². The first-order chi connectivity index (χ1) is 12.3. The second-order valence-electron chi connectivity index (χ2n) is 6.57. The highest BCUT2D eigenvalue weighted by Gasteiger charge is 2.22. The average molecular weight is 381 g/mol. The Bertz CT molecular complexity index is 658. The maximum absolute atomic E-state index is 12.3. The summed E-state index contributed by atoms with van der Waals surface area (Å²) >= 11 is 5.86. The molecule has 0 unspecified atom stereocenters. The number of hydrogen-bond acceptors (Lipinski definition) is 4. The number of benzene rings is 1. The van der Waals surface area contributed by atoms with Crippen LogP contribution >= 0.6 is 11.6 Å². The van der Waals surface area contributed by atoms with Gasteiger partial charge >= 0.3 is 0 Å². The molecule has 0 spiro atoms. The Labute approximate surface area is 158 Å². The minimum Gasteiger partial charge on any atom is -0.353 e. The summed E-state index contributed by atoms with van der Waals surface area (Å²) in [7, 11) is 0. The Kier molecular flexibility index (Phi) is 7.41. The first-order valence-corrected chi connectivity index (χ1v) is 9.06. The largest absolute Gasteiger partial charge is 0.353 e. The van der Waals surface area contributed by atoms with Crippen LogP contribution in [0.5, 0.6) is 0 Å². The van der Waals surface area contributed by atoms with Crippen molar-refractivity contribution >= 4 is 29.3 Å². The van der Waals surface area contributed by atoms with Gasteiger partial charge in [-0.05, 0) is 32.0 Å². The lowest BCUT2D eigenvalue weighted by molar-refractivity contribution is -0.132. The Morgan fingerprint density at radius 2 is 1.85 bits per heavy atom. The van der Waals surface area contributed by atoms with E-state index in [1.165, 1.54) is 0 Å². The van der Waals surface area contributed by atoms with Crippen LogP contribution in [-0.4, -0.2) is 72.8 Å². The van der Waals surface area contributed by atoms with Crippen molar-refractivity contribution in [1.82, 2.24) is 20.4 Å². The van der Waals surface area contributed by atoms with Gasteiger partial charge in [-0.2, -0.15) is 0 Å². The smallest absolute Gasteiger partial charge is 0.251 e. The standard InChI is InChI=1S/C18H25ClN4O3/c1-13(2)21-16(24)12-22-6-8-23(9-7-22)17(25)11-20-18(26)14-4-3-5-15(19)10-14/h3-5,10,13H,6-9,11-12H2,1-2H3,(H,20,26)(H,21,24). The summed E-state index contributed by atoms with van der Waals surface area (Å²) in [6, 6.07) is 6.70. The predicted molar refractivity (Wildman–Crippen MR) is 100 cm³/mol. The fourth-order valence-corrected chi connectivity index (χ4v) is 2.92. The third-order valence-corrected chi connectivity index (χ3v) is 4.26. The van der Waals surface area contributed by atoms with Crippen LogP contribution in [0.15, 0.2) is 24.3 Å². The molecule has 1 aliphatic rings. The van der Waals surface area contributed by atoms with Crippen molar-refractivity contribution in [1.29, 1.82) is 0 Å². The summed E-state index contributed by atoms with van der Waals surface area (Å²) < 4.78 is 0. The predicted octanol–water partition coefficient (Wildman–Crippen LogP) is 0.739. The van der Waals surface area contributed by atoms with Gasteiger partial charge in [0.05, 0.1) is 13.1 Å². The maximum atomic E-state index is 12.3. The molecule has 0 aromatic heterocycles. The van der Waals surface area contributed by atoms with Gasteiger partial charge in [-0.3, -0.25) is 19.3 Å².